The van der Waals surface area contributed by atoms with Gasteiger partial charge in [-0.1, -0.05) is 9.24 Å². The highest BCUT2D eigenvalue weighted by Gasteiger charge is 2.44. The minimum Gasteiger partial charge on any atom is -0.503 e. The number of β-lactam (4-membered cyclic amide) rings is 1. The fourth-order valence-electron chi connectivity index (χ4n) is 4.14. The van der Waals surface area contributed by atoms with Crippen molar-refractivity contribution in [1.29, 1.82) is 0 Å². The standard InChI is InChI=1S/C28H34N10O14S2/c1-12(39)9-36-19(13-7-16(40)17(41)8-29-13)33-38(26(36)48)54(49,50)35-24(46)37-10-14(21(37)43)30-20(42)18(34-52-28(5,6)22(44)45)15-11-53-23(31-15)32-25(47)51-27(2,3)4/h7-8,11-12,14,39,41H,9-10H2,1-6H3,(H,29,40)(H,30,42)(H,35,46)(H,44,45)(H,31,32,47)/t12-,14-/m0/s1. The number of ether oxygens (including phenoxy) is 1. The van der Waals surface area contributed by atoms with Crippen LogP contribution in [0.25, 0.3) is 11.5 Å². The smallest absolute Gasteiger partial charge is 0.413 e. The first-order valence-corrected chi connectivity index (χ1v) is 17.7. The third-order valence-corrected chi connectivity index (χ3v) is 8.67. The third-order valence-electron chi connectivity index (χ3n) is 6.79. The van der Waals surface area contributed by atoms with E-state index in [0.29, 0.717) is 9.47 Å². The quantitative estimate of drug-likeness (QED) is 0.0636. The van der Waals surface area contributed by atoms with Crippen molar-refractivity contribution in [2.75, 3.05) is 11.9 Å². The molecule has 0 unspecified atom stereocenters. The predicted molar refractivity (Wildman–Crippen MR) is 184 cm³/mol. The lowest BCUT2D eigenvalue weighted by Crippen LogP contribution is -2.68. The lowest BCUT2D eigenvalue weighted by atomic mass is 10.1. The van der Waals surface area contributed by atoms with Crippen molar-refractivity contribution in [2.45, 2.75) is 71.4 Å². The molecule has 0 spiro atoms. The highest BCUT2D eigenvalue weighted by molar-refractivity contribution is 7.88. The molecule has 1 saturated heterocycles. The number of nitrogens with zero attached hydrogens (tertiary/aromatic N) is 6. The average Bonchev–Trinajstić information content (AvgIpc) is 3.62. The van der Waals surface area contributed by atoms with E-state index in [9.17, 15) is 57.3 Å². The second-order valence-electron chi connectivity index (χ2n) is 12.9. The molecule has 0 aliphatic carbocycles. The van der Waals surface area contributed by atoms with E-state index in [1.54, 1.807) is 20.8 Å². The van der Waals surface area contributed by atoms with Gasteiger partial charge >= 0.3 is 34.0 Å². The molecule has 5 amide bonds. The molecule has 26 heteroatoms. The Labute approximate surface area is 307 Å². The number of hydrogen-bond donors (Lipinski definition) is 7. The van der Waals surface area contributed by atoms with Crippen LogP contribution in [0.2, 0.25) is 0 Å². The molecule has 3 aromatic rings. The van der Waals surface area contributed by atoms with E-state index in [1.807, 2.05) is 0 Å². The molecule has 7 N–H and O–H groups in total. The van der Waals surface area contributed by atoms with Crippen LogP contribution in [-0.2, 0) is 40.7 Å². The summed E-state index contributed by atoms with van der Waals surface area (Å²) in [4.78, 5) is 99.8. The van der Waals surface area contributed by atoms with Crippen LogP contribution in [0.3, 0.4) is 0 Å². The van der Waals surface area contributed by atoms with Crippen LogP contribution in [0.15, 0.2) is 32.4 Å². The van der Waals surface area contributed by atoms with Gasteiger partial charge in [0, 0.05) is 17.6 Å². The van der Waals surface area contributed by atoms with E-state index in [0.717, 1.165) is 37.4 Å². The highest BCUT2D eigenvalue weighted by Crippen LogP contribution is 2.20. The second-order valence-corrected chi connectivity index (χ2v) is 15.3. The van der Waals surface area contributed by atoms with Gasteiger partial charge in [-0.25, -0.2) is 28.9 Å². The Hall–Kier alpha value is -6.15. The van der Waals surface area contributed by atoms with Crippen LogP contribution < -0.4 is 26.5 Å². The lowest BCUT2D eigenvalue weighted by Gasteiger charge is -2.36. The number of hydrogen-bond acceptors (Lipinski definition) is 17. The molecule has 4 heterocycles. The van der Waals surface area contributed by atoms with Crippen molar-refractivity contribution in [1.82, 2.24) is 38.7 Å². The number of aromatic nitrogens is 5. The van der Waals surface area contributed by atoms with E-state index < -0.39 is 105 Å². The number of aliphatic carboxylic acids is 1. The number of anilines is 1. The van der Waals surface area contributed by atoms with Gasteiger partial charge in [0.25, 0.3) is 11.8 Å². The minimum atomic E-state index is -5.19. The number of urea groups is 1. The van der Waals surface area contributed by atoms with Crippen molar-refractivity contribution < 1.29 is 57.3 Å². The van der Waals surface area contributed by atoms with Crippen molar-refractivity contribution >= 4 is 62.3 Å². The van der Waals surface area contributed by atoms with Crippen molar-refractivity contribution in [3.63, 3.8) is 0 Å². The molecule has 54 heavy (non-hydrogen) atoms. The lowest BCUT2D eigenvalue weighted by molar-refractivity contribution is -0.161. The van der Waals surface area contributed by atoms with Crippen LogP contribution in [0.1, 0.15) is 47.2 Å². The zero-order valence-corrected chi connectivity index (χ0v) is 30.8. The number of aromatic amines is 1. The van der Waals surface area contributed by atoms with Crippen molar-refractivity contribution in [3.05, 3.63) is 44.0 Å². The van der Waals surface area contributed by atoms with Crippen LogP contribution in [0.5, 0.6) is 5.75 Å². The van der Waals surface area contributed by atoms with Gasteiger partial charge in [-0.2, -0.15) is 8.42 Å². The monoisotopic (exact) mass is 798 g/mol. The number of nitrogens with one attached hydrogen (secondary N) is 4. The summed E-state index contributed by atoms with van der Waals surface area (Å²) in [6, 6.07) is -2.20. The zero-order valence-electron chi connectivity index (χ0n) is 29.1. The first kappa shape index (κ1) is 40.6. The average molecular weight is 799 g/mol. The molecule has 0 saturated carbocycles. The molecular formula is C28H34N10O14S2. The fraction of sp³-hybridized carbons (Fsp3) is 0.429. The summed E-state index contributed by atoms with van der Waals surface area (Å²) in [5.74, 6) is -4.89. The number of rotatable bonds is 12. The number of pyridine rings is 1. The Morgan fingerprint density at radius 2 is 1.83 bits per heavy atom. The molecule has 1 aliphatic rings. The van der Waals surface area contributed by atoms with Gasteiger partial charge in [-0.05, 0) is 41.5 Å². The predicted octanol–water partition coefficient (Wildman–Crippen LogP) is -1.30. The van der Waals surface area contributed by atoms with Gasteiger partial charge in [0.2, 0.25) is 11.0 Å². The van der Waals surface area contributed by atoms with Crippen LogP contribution in [0.4, 0.5) is 14.7 Å². The molecule has 0 radical (unpaired) electrons. The van der Waals surface area contributed by atoms with Gasteiger partial charge in [-0.3, -0.25) is 29.2 Å². The number of aromatic hydroxyl groups is 1. The summed E-state index contributed by atoms with van der Waals surface area (Å²) in [5.41, 5.74) is -6.19. The molecule has 292 valence electrons. The SMILES string of the molecule is C[C@H](O)Cn1c(-c2cc(=O)c(O)c[nH]2)nn(S(=O)(=O)NC(=O)N2C[C@H](NC(=O)C(=NOC(C)(C)C(=O)O)c3csc(NC(=O)OC(C)(C)C)n3)C2=O)c1=O. The largest absolute Gasteiger partial charge is 0.503 e. The van der Waals surface area contributed by atoms with Gasteiger partial charge in [0.05, 0.1) is 24.9 Å². The van der Waals surface area contributed by atoms with E-state index in [-0.39, 0.29) is 20.6 Å². The summed E-state index contributed by atoms with van der Waals surface area (Å²) in [5, 5.41) is 41.9. The number of thiazole rings is 1. The Bertz CT molecular complexity index is 2260. The number of carbonyl (C=O) groups is 5. The van der Waals surface area contributed by atoms with Crippen LogP contribution in [-0.4, -0.2) is 118 Å². The first-order valence-electron chi connectivity index (χ1n) is 15.3. The van der Waals surface area contributed by atoms with E-state index in [4.69, 9.17) is 9.57 Å². The van der Waals surface area contributed by atoms with Gasteiger partial charge in [0.1, 0.15) is 17.3 Å². The Morgan fingerprint density at radius 1 is 1.17 bits per heavy atom. The number of oxime groups is 1. The minimum absolute atomic E-state index is 0.0562. The third kappa shape index (κ3) is 9.25. The molecule has 24 nitrogen and oxygen atoms in total. The number of amides is 5. The summed E-state index contributed by atoms with van der Waals surface area (Å²) in [7, 11) is -5.19. The molecule has 0 aromatic carbocycles. The number of aliphatic hydroxyl groups excluding tert-OH is 1. The maximum absolute atomic E-state index is 13.3. The Morgan fingerprint density at radius 3 is 2.41 bits per heavy atom. The van der Waals surface area contributed by atoms with Crippen molar-refractivity contribution in [2.24, 2.45) is 5.16 Å². The van der Waals surface area contributed by atoms with Gasteiger partial charge < -0.3 is 35.2 Å². The summed E-state index contributed by atoms with van der Waals surface area (Å²) in [6.45, 7) is 7.28. The molecule has 1 fully saturated rings. The summed E-state index contributed by atoms with van der Waals surface area (Å²) in [6.07, 6.45) is -1.24. The number of likely N-dealkylation sites (tertiary alicyclic amines) is 1. The molecular weight excluding hydrogens is 764 g/mol. The van der Waals surface area contributed by atoms with E-state index >= 15 is 0 Å². The topological polar surface area (TPSA) is 336 Å². The van der Waals surface area contributed by atoms with E-state index in [2.05, 4.69) is 30.9 Å². The summed E-state index contributed by atoms with van der Waals surface area (Å²) >= 11 is 0.832. The number of imide groups is 1. The highest BCUT2D eigenvalue weighted by atomic mass is 32.2. The molecule has 1 aliphatic heterocycles. The molecule has 2 atom stereocenters. The number of carboxylic acid groups (broad SMARTS) is 1. The van der Waals surface area contributed by atoms with Gasteiger partial charge in [0.15, 0.2) is 22.4 Å². The molecule has 4 rings (SSSR count). The maximum atomic E-state index is 13.3. The molecule has 0 bridgehead atoms. The molecule has 3 aromatic heterocycles. The Balaban J connectivity index is 1.51. The summed E-state index contributed by atoms with van der Waals surface area (Å²) < 4.78 is 33.4. The number of carbonyl (C=O) groups excluding carboxylic acids is 4. The zero-order chi connectivity index (χ0) is 40.5. The number of aliphatic hydroxyl groups is 1. The Kier molecular flexibility index (Phi) is 11.3. The normalized spacial score (nSPS) is 15.5. The first-order chi connectivity index (χ1) is 24.9. The number of H-pyrrole nitrogens is 1. The van der Waals surface area contributed by atoms with Crippen molar-refractivity contribution in [3.8, 4) is 17.3 Å². The fourth-order valence-corrected chi connectivity index (χ4v) is 5.73. The van der Waals surface area contributed by atoms with Gasteiger partial charge in [-0.15, -0.1) is 16.4 Å². The van der Waals surface area contributed by atoms with Crippen LogP contribution >= 0.6 is 11.3 Å². The maximum Gasteiger partial charge on any atom is 0.413 e. The number of carboxylic acids is 1. The second kappa shape index (κ2) is 15.1. The van der Waals surface area contributed by atoms with Crippen LogP contribution in [0, 0.1) is 0 Å². The van der Waals surface area contributed by atoms with E-state index in [1.165, 1.54) is 17.0 Å².